The molecule has 1 atom stereocenters. The van der Waals surface area contributed by atoms with Crippen LogP contribution in [0.4, 0.5) is 0 Å². The Hall–Kier alpha value is -1.64. The molecule has 1 unspecified atom stereocenters. The number of esters is 1. The summed E-state index contributed by atoms with van der Waals surface area (Å²) in [6, 6.07) is 9.07. The first-order valence-corrected chi connectivity index (χ1v) is 4.43. The third kappa shape index (κ3) is 1.21. The van der Waals surface area contributed by atoms with Gasteiger partial charge in [0.2, 0.25) is 0 Å². The summed E-state index contributed by atoms with van der Waals surface area (Å²) in [6.07, 6.45) is -0.120. The third-order valence-electron chi connectivity index (χ3n) is 2.48. The first-order valence-electron chi connectivity index (χ1n) is 4.43. The van der Waals surface area contributed by atoms with E-state index < -0.39 is 11.6 Å². The summed E-state index contributed by atoms with van der Waals surface area (Å²) in [5.41, 5.74) is -0.339. The first kappa shape index (κ1) is 8.94. The molecule has 0 spiro atoms. The Morgan fingerprint density at radius 2 is 1.86 bits per heavy atom. The van der Waals surface area contributed by atoms with Gasteiger partial charge >= 0.3 is 5.97 Å². The molecule has 1 aromatic carbocycles. The van der Waals surface area contributed by atoms with Gasteiger partial charge in [0, 0.05) is 5.56 Å². The highest BCUT2D eigenvalue weighted by Gasteiger charge is 2.45. The fourth-order valence-electron chi connectivity index (χ4n) is 1.60. The quantitative estimate of drug-likeness (QED) is 0.497. The van der Waals surface area contributed by atoms with Crippen LogP contribution in [0.15, 0.2) is 30.3 Å². The van der Waals surface area contributed by atoms with Crippen molar-refractivity contribution in [2.45, 2.75) is 18.9 Å². The molecule has 2 rings (SSSR count). The van der Waals surface area contributed by atoms with Gasteiger partial charge in [-0.25, -0.2) is 0 Å². The van der Waals surface area contributed by atoms with Crippen molar-refractivity contribution >= 4 is 11.8 Å². The fourth-order valence-corrected chi connectivity index (χ4v) is 1.60. The SMILES string of the molecule is CC1(c2ccccc2)OC(=O)CC1=O. The van der Waals surface area contributed by atoms with Crippen LogP contribution in [0.2, 0.25) is 0 Å². The van der Waals surface area contributed by atoms with E-state index in [1.54, 1.807) is 19.1 Å². The Labute approximate surface area is 81.7 Å². The number of hydrogen-bond acceptors (Lipinski definition) is 3. The van der Waals surface area contributed by atoms with Gasteiger partial charge in [0.05, 0.1) is 0 Å². The lowest BCUT2D eigenvalue weighted by Crippen LogP contribution is -2.28. The molecule has 1 aliphatic rings. The Morgan fingerprint density at radius 1 is 1.21 bits per heavy atom. The van der Waals surface area contributed by atoms with Crippen LogP contribution < -0.4 is 0 Å². The Balaban J connectivity index is 2.43. The van der Waals surface area contributed by atoms with Crippen molar-refractivity contribution in [2.24, 2.45) is 0 Å². The summed E-state index contributed by atoms with van der Waals surface area (Å²) in [5.74, 6) is -0.616. The lowest BCUT2D eigenvalue weighted by Gasteiger charge is -2.20. The minimum Gasteiger partial charge on any atom is -0.446 e. The lowest BCUT2D eigenvalue weighted by atomic mass is 9.92. The average molecular weight is 190 g/mol. The second-order valence-corrected chi connectivity index (χ2v) is 3.47. The average Bonchev–Trinajstić information content (AvgIpc) is 2.43. The van der Waals surface area contributed by atoms with Gasteiger partial charge in [-0.3, -0.25) is 9.59 Å². The molecule has 1 heterocycles. The smallest absolute Gasteiger partial charge is 0.314 e. The number of carbonyl (C=O) groups is 2. The summed E-state index contributed by atoms with van der Waals surface area (Å²) >= 11 is 0. The number of Topliss-reactive ketones (excluding diaryl/α,β-unsaturated/α-hetero) is 1. The van der Waals surface area contributed by atoms with Crippen molar-refractivity contribution in [1.29, 1.82) is 0 Å². The predicted molar refractivity (Wildman–Crippen MR) is 49.5 cm³/mol. The van der Waals surface area contributed by atoms with Crippen molar-refractivity contribution in [1.82, 2.24) is 0 Å². The molecular weight excluding hydrogens is 180 g/mol. The maximum atomic E-state index is 11.6. The van der Waals surface area contributed by atoms with E-state index in [0.717, 1.165) is 5.56 Å². The molecule has 72 valence electrons. The first-order chi connectivity index (χ1) is 6.63. The Morgan fingerprint density at radius 3 is 2.36 bits per heavy atom. The molecule has 0 amide bonds. The van der Waals surface area contributed by atoms with Gasteiger partial charge in [0.15, 0.2) is 11.4 Å². The molecule has 0 bridgehead atoms. The highest BCUT2D eigenvalue weighted by atomic mass is 16.6. The van der Waals surface area contributed by atoms with Gasteiger partial charge in [0.1, 0.15) is 6.42 Å². The highest BCUT2D eigenvalue weighted by Crippen LogP contribution is 2.32. The highest BCUT2D eigenvalue weighted by molar-refractivity contribution is 6.06. The van der Waals surface area contributed by atoms with Crippen LogP contribution in [-0.2, 0) is 19.9 Å². The van der Waals surface area contributed by atoms with E-state index in [9.17, 15) is 9.59 Å². The van der Waals surface area contributed by atoms with Crippen LogP contribution in [0.25, 0.3) is 0 Å². The number of benzene rings is 1. The molecule has 0 N–H and O–H groups in total. The van der Waals surface area contributed by atoms with Gasteiger partial charge in [-0.1, -0.05) is 30.3 Å². The van der Waals surface area contributed by atoms with Crippen molar-refractivity contribution in [2.75, 3.05) is 0 Å². The summed E-state index contributed by atoms with van der Waals surface area (Å²) in [5, 5.41) is 0. The number of rotatable bonds is 1. The van der Waals surface area contributed by atoms with Crippen LogP contribution in [-0.4, -0.2) is 11.8 Å². The van der Waals surface area contributed by atoms with Crippen LogP contribution in [0.3, 0.4) is 0 Å². The normalized spacial score (nSPS) is 26.4. The van der Waals surface area contributed by atoms with Gasteiger partial charge < -0.3 is 4.74 Å². The zero-order valence-corrected chi connectivity index (χ0v) is 7.82. The summed E-state index contributed by atoms with van der Waals surface area (Å²) in [7, 11) is 0. The van der Waals surface area contributed by atoms with Crippen molar-refractivity contribution in [3.63, 3.8) is 0 Å². The Bertz CT molecular complexity index is 383. The number of ether oxygens (including phenoxy) is 1. The topological polar surface area (TPSA) is 43.4 Å². The van der Waals surface area contributed by atoms with Crippen molar-refractivity contribution in [3.05, 3.63) is 35.9 Å². The summed E-state index contributed by atoms with van der Waals surface area (Å²) < 4.78 is 5.06. The maximum absolute atomic E-state index is 11.6. The third-order valence-corrected chi connectivity index (χ3v) is 2.48. The summed E-state index contributed by atoms with van der Waals surface area (Å²) in [4.78, 5) is 22.6. The lowest BCUT2D eigenvalue weighted by molar-refractivity contribution is -0.151. The van der Waals surface area contributed by atoms with E-state index >= 15 is 0 Å². The molecule has 0 aliphatic carbocycles. The predicted octanol–water partition coefficient (Wildman–Crippen LogP) is 1.42. The molecule has 3 nitrogen and oxygen atoms in total. The van der Waals surface area contributed by atoms with Crippen LogP contribution in [0.5, 0.6) is 0 Å². The van der Waals surface area contributed by atoms with Gasteiger partial charge in [-0.05, 0) is 6.92 Å². The van der Waals surface area contributed by atoms with Gasteiger partial charge in [-0.2, -0.15) is 0 Å². The van der Waals surface area contributed by atoms with Crippen LogP contribution >= 0.6 is 0 Å². The van der Waals surface area contributed by atoms with Gasteiger partial charge in [0.25, 0.3) is 0 Å². The van der Waals surface area contributed by atoms with E-state index in [-0.39, 0.29) is 12.2 Å². The second-order valence-electron chi connectivity index (χ2n) is 3.47. The molecule has 1 fully saturated rings. The number of carbonyl (C=O) groups excluding carboxylic acids is 2. The minimum absolute atomic E-state index is 0.120. The zero-order valence-electron chi connectivity index (χ0n) is 7.82. The monoisotopic (exact) mass is 190 g/mol. The van der Waals surface area contributed by atoms with Crippen LogP contribution in [0.1, 0.15) is 18.9 Å². The summed E-state index contributed by atoms with van der Waals surface area (Å²) in [6.45, 7) is 1.63. The number of ketones is 1. The molecular formula is C11H10O3. The largest absolute Gasteiger partial charge is 0.446 e. The number of cyclic esters (lactones) is 1. The molecule has 0 saturated carbocycles. The Kier molecular flexibility index (Phi) is 1.88. The van der Waals surface area contributed by atoms with Crippen LogP contribution in [0, 0.1) is 0 Å². The van der Waals surface area contributed by atoms with Crippen molar-refractivity contribution < 1.29 is 14.3 Å². The molecule has 1 aliphatic heterocycles. The van der Waals surface area contributed by atoms with Crippen molar-refractivity contribution in [3.8, 4) is 0 Å². The van der Waals surface area contributed by atoms with E-state index in [2.05, 4.69) is 0 Å². The molecule has 1 saturated heterocycles. The molecule has 1 aromatic rings. The standard InChI is InChI=1S/C11H10O3/c1-11(8-5-3-2-4-6-8)9(12)7-10(13)14-11/h2-6H,7H2,1H3. The molecule has 14 heavy (non-hydrogen) atoms. The fraction of sp³-hybridized carbons (Fsp3) is 0.273. The minimum atomic E-state index is -1.07. The van der Waals surface area contributed by atoms with E-state index in [1.165, 1.54) is 0 Å². The second kappa shape index (κ2) is 2.94. The van der Waals surface area contributed by atoms with E-state index in [1.807, 2.05) is 18.2 Å². The van der Waals surface area contributed by atoms with E-state index in [0.29, 0.717) is 0 Å². The van der Waals surface area contributed by atoms with Gasteiger partial charge in [-0.15, -0.1) is 0 Å². The maximum Gasteiger partial charge on any atom is 0.314 e. The van der Waals surface area contributed by atoms with E-state index in [4.69, 9.17) is 4.74 Å². The zero-order chi connectivity index (χ0) is 10.2. The molecule has 3 heteroatoms. The molecule has 0 aromatic heterocycles. The molecule has 0 radical (unpaired) electrons. The number of hydrogen-bond donors (Lipinski definition) is 0.